The van der Waals surface area contributed by atoms with Gasteiger partial charge in [-0.1, -0.05) is 41.6 Å². The molecule has 2 fully saturated rings. The van der Waals surface area contributed by atoms with E-state index in [1.54, 1.807) is 12.4 Å². The first kappa shape index (κ1) is 36.3. The second-order valence-electron chi connectivity index (χ2n) is 13.1. The molecule has 0 radical (unpaired) electrons. The predicted octanol–water partition coefficient (Wildman–Crippen LogP) is 8.05. The van der Waals surface area contributed by atoms with Gasteiger partial charge in [-0.25, -0.2) is 4.98 Å². The van der Waals surface area contributed by atoms with Crippen LogP contribution in [0.3, 0.4) is 0 Å². The molecule has 0 aliphatic carbocycles. The Balaban J connectivity index is 0.993. The molecule has 0 amide bonds. The summed E-state index contributed by atoms with van der Waals surface area (Å²) in [6.07, 6.45) is 20.8. The summed E-state index contributed by atoms with van der Waals surface area (Å²) in [4.78, 5) is 14.1. The predicted molar refractivity (Wildman–Crippen MR) is 208 cm³/mol. The summed E-state index contributed by atoms with van der Waals surface area (Å²) in [6, 6.07) is 25.2. The number of terminal acetylenes is 2. The molecule has 2 saturated heterocycles. The summed E-state index contributed by atoms with van der Waals surface area (Å²) in [5, 5.41) is 0. The van der Waals surface area contributed by atoms with Crippen molar-refractivity contribution in [3.8, 4) is 71.1 Å². The first-order chi connectivity index (χ1) is 26.6. The average Bonchev–Trinajstić information content (AvgIpc) is 3.24. The molecule has 0 N–H and O–H groups in total. The van der Waals surface area contributed by atoms with Crippen molar-refractivity contribution < 1.29 is 18.9 Å². The highest BCUT2D eigenvalue weighted by molar-refractivity contribution is 5.63. The van der Waals surface area contributed by atoms with Gasteiger partial charge in [-0.3, -0.25) is 9.97 Å². The van der Waals surface area contributed by atoms with Gasteiger partial charge in [0, 0.05) is 59.0 Å². The number of ether oxygens (including phenoxy) is 4. The minimum Gasteiger partial charge on any atom is -0.353 e. The van der Waals surface area contributed by atoms with Gasteiger partial charge in [0.05, 0.1) is 36.0 Å². The first-order valence-corrected chi connectivity index (χ1v) is 18.2. The Hall–Kier alpha value is -6.03. The molecule has 5 heterocycles. The second-order valence-corrected chi connectivity index (χ2v) is 13.1. The van der Waals surface area contributed by atoms with Gasteiger partial charge < -0.3 is 18.9 Å². The molecule has 2 aliphatic rings. The lowest BCUT2D eigenvalue weighted by atomic mass is 10.1. The van der Waals surface area contributed by atoms with Crippen LogP contribution in [0, 0.1) is 48.4 Å². The third-order valence-corrected chi connectivity index (χ3v) is 8.97. The molecule has 0 saturated carbocycles. The molecular formula is C47H39N3O4. The number of benzene rings is 2. The lowest BCUT2D eigenvalue weighted by molar-refractivity contribution is -0.169. The van der Waals surface area contributed by atoms with E-state index in [-0.39, 0.29) is 12.6 Å². The van der Waals surface area contributed by atoms with Crippen molar-refractivity contribution in [3.05, 3.63) is 136 Å². The van der Waals surface area contributed by atoms with E-state index in [9.17, 15) is 0 Å². The molecule has 54 heavy (non-hydrogen) atoms. The Morgan fingerprint density at radius 1 is 0.537 bits per heavy atom. The van der Waals surface area contributed by atoms with Crippen LogP contribution in [-0.2, 0) is 32.2 Å². The molecule has 3 aromatic heterocycles. The molecule has 2 atom stereocenters. The second kappa shape index (κ2) is 18.1. The van der Waals surface area contributed by atoms with Crippen LogP contribution in [0.2, 0.25) is 0 Å². The number of nitrogens with zero attached hydrogens (tertiary/aromatic N) is 3. The topological polar surface area (TPSA) is 75.6 Å². The summed E-state index contributed by atoms with van der Waals surface area (Å²) in [7, 11) is 0. The van der Waals surface area contributed by atoms with Gasteiger partial charge in [0.2, 0.25) is 0 Å². The number of aromatic nitrogens is 3. The Bertz CT molecular complexity index is 2130. The largest absolute Gasteiger partial charge is 0.353 e. The van der Waals surface area contributed by atoms with Crippen LogP contribution in [0.25, 0.3) is 22.8 Å². The van der Waals surface area contributed by atoms with Crippen molar-refractivity contribution in [2.45, 2.75) is 64.3 Å². The van der Waals surface area contributed by atoms with Crippen LogP contribution < -0.4 is 0 Å². The van der Waals surface area contributed by atoms with E-state index in [0.717, 1.165) is 119 Å². The van der Waals surface area contributed by atoms with Crippen LogP contribution in [0.4, 0.5) is 0 Å². The van der Waals surface area contributed by atoms with Gasteiger partial charge in [0.15, 0.2) is 12.6 Å². The highest BCUT2D eigenvalue weighted by atomic mass is 16.7. The zero-order valence-electron chi connectivity index (χ0n) is 30.0. The molecule has 7 heteroatoms. The Morgan fingerprint density at radius 3 is 1.41 bits per heavy atom. The lowest BCUT2D eigenvalue weighted by Crippen LogP contribution is -2.22. The summed E-state index contributed by atoms with van der Waals surface area (Å²) in [6.45, 7) is 2.32. The molecule has 266 valence electrons. The van der Waals surface area contributed by atoms with E-state index in [1.807, 2.05) is 78.9 Å². The Labute approximate surface area is 317 Å². The Morgan fingerprint density at radius 2 is 1.00 bits per heavy atom. The maximum Gasteiger partial charge on any atom is 0.158 e. The summed E-state index contributed by atoms with van der Waals surface area (Å²) in [5.74, 6) is 18.3. The highest BCUT2D eigenvalue weighted by Crippen LogP contribution is 2.22. The van der Waals surface area contributed by atoms with Gasteiger partial charge in [-0.15, -0.1) is 12.8 Å². The van der Waals surface area contributed by atoms with Crippen LogP contribution in [0.15, 0.2) is 91.3 Å². The highest BCUT2D eigenvalue weighted by Gasteiger charge is 2.15. The number of hydrogen-bond acceptors (Lipinski definition) is 7. The molecule has 2 aliphatic heterocycles. The van der Waals surface area contributed by atoms with Gasteiger partial charge in [-0.05, 0) is 122 Å². The van der Waals surface area contributed by atoms with E-state index >= 15 is 0 Å². The van der Waals surface area contributed by atoms with Gasteiger partial charge in [0.1, 0.15) is 0 Å². The monoisotopic (exact) mass is 709 g/mol. The van der Waals surface area contributed by atoms with Crippen molar-refractivity contribution in [2.24, 2.45) is 0 Å². The number of hydrogen-bond donors (Lipinski definition) is 0. The molecule has 7 nitrogen and oxygen atoms in total. The summed E-state index contributed by atoms with van der Waals surface area (Å²) in [5.41, 5.74) is 9.55. The van der Waals surface area contributed by atoms with E-state index in [4.69, 9.17) is 36.8 Å². The first-order valence-electron chi connectivity index (χ1n) is 18.2. The van der Waals surface area contributed by atoms with E-state index < -0.39 is 0 Å². The fourth-order valence-electron chi connectivity index (χ4n) is 6.17. The normalized spacial score (nSPS) is 16.5. The van der Waals surface area contributed by atoms with E-state index in [0.29, 0.717) is 13.2 Å². The Kier molecular flexibility index (Phi) is 12.2. The average molecular weight is 710 g/mol. The van der Waals surface area contributed by atoms with Crippen molar-refractivity contribution in [2.75, 3.05) is 13.2 Å². The quantitative estimate of drug-likeness (QED) is 0.151. The van der Waals surface area contributed by atoms with Crippen molar-refractivity contribution in [1.29, 1.82) is 0 Å². The standard InChI is InChI=1S/C47H39N3O4/c1-3-34-24-38(28-40(26-34)32-53-46-12-5-7-22-51-46)16-14-36-18-20-42(48-30-36)44-10-9-11-45(50-44)43-21-19-37(31-49-43)15-17-39-25-35(4-2)27-41(29-39)33-54-47-13-6-8-23-52-47/h1-2,9-11,18-21,24-31,46-47H,5-8,12-13,22-23,32-33H2. The molecule has 5 aromatic rings. The van der Waals surface area contributed by atoms with Gasteiger partial charge in [-0.2, -0.15) is 0 Å². The smallest absolute Gasteiger partial charge is 0.158 e. The fraction of sp³-hybridized carbons (Fsp3) is 0.255. The van der Waals surface area contributed by atoms with Crippen LogP contribution in [0.1, 0.15) is 83.0 Å². The minimum absolute atomic E-state index is 0.170. The third kappa shape index (κ3) is 10.1. The van der Waals surface area contributed by atoms with Crippen LogP contribution in [-0.4, -0.2) is 40.7 Å². The molecule has 2 unspecified atom stereocenters. The molecule has 0 spiro atoms. The SMILES string of the molecule is C#Cc1cc(C#Cc2ccc(-c3cccc(-c4ccc(C#Cc5cc(C#C)cc(COC6CCCCO6)c5)cn4)n3)nc2)cc(COC2CCCCO2)c1. The van der Waals surface area contributed by atoms with Crippen molar-refractivity contribution >= 4 is 0 Å². The van der Waals surface area contributed by atoms with Gasteiger partial charge >= 0.3 is 0 Å². The van der Waals surface area contributed by atoms with Crippen molar-refractivity contribution in [3.63, 3.8) is 0 Å². The fourth-order valence-corrected chi connectivity index (χ4v) is 6.17. The summed E-state index contributed by atoms with van der Waals surface area (Å²) >= 11 is 0. The minimum atomic E-state index is -0.170. The molecule has 0 bridgehead atoms. The lowest BCUT2D eigenvalue weighted by Gasteiger charge is -2.22. The van der Waals surface area contributed by atoms with E-state index in [1.165, 1.54) is 0 Å². The maximum atomic E-state index is 5.96. The molecular weight excluding hydrogens is 671 g/mol. The van der Waals surface area contributed by atoms with Gasteiger partial charge in [0.25, 0.3) is 0 Å². The zero-order chi connectivity index (χ0) is 37.0. The van der Waals surface area contributed by atoms with Crippen LogP contribution >= 0.6 is 0 Å². The van der Waals surface area contributed by atoms with Crippen LogP contribution in [0.5, 0.6) is 0 Å². The molecule has 7 rings (SSSR count). The zero-order valence-corrected chi connectivity index (χ0v) is 30.0. The maximum absolute atomic E-state index is 5.96. The van der Waals surface area contributed by atoms with E-state index in [2.05, 4.69) is 45.5 Å². The third-order valence-electron chi connectivity index (χ3n) is 8.97. The molecule has 2 aromatic carbocycles. The number of rotatable bonds is 8. The van der Waals surface area contributed by atoms with Crippen molar-refractivity contribution in [1.82, 2.24) is 15.0 Å². The summed E-state index contributed by atoms with van der Waals surface area (Å²) < 4.78 is 23.3. The number of pyridine rings is 3.